The van der Waals surface area contributed by atoms with E-state index in [9.17, 15) is 15.3 Å². The molecule has 0 spiro atoms. The summed E-state index contributed by atoms with van der Waals surface area (Å²) < 4.78 is 0. The minimum atomic E-state index is -1.00. The summed E-state index contributed by atoms with van der Waals surface area (Å²) in [6.45, 7) is 3.74. The number of benzene rings is 1. The highest BCUT2D eigenvalue weighted by atomic mass is 16.3. The van der Waals surface area contributed by atoms with E-state index >= 15 is 0 Å². The second-order valence-electron chi connectivity index (χ2n) is 10.7. The van der Waals surface area contributed by atoms with Crippen LogP contribution in [0.2, 0.25) is 0 Å². The molecule has 0 saturated heterocycles. The predicted molar refractivity (Wildman–Crippen MR) is 124 cm³/mol. The van der Waals surface area contributed by atoms with Gasteiger partial charge in [-0.1, -0.05) is 19.1 Å². The van der Waals surface area contributed by atoms with E-state index in [-0.39, 0.29) is 5.41 Å². The van der Waals surface area contributed by atoms with Gasteiger partial charge in [-0.2, -0.15) is 0 Å². The monoisotopic (exact) mass is 436 g/mol. The van der Waals surface area contributed by atoms with Crippen molar-refractivity contribution in [2.45, 2.75) is 76.0 Å². The molecular weight excluding hydrogens is 400 g/mol. The van der Waals surface area contributed by atoms with Crippen molar-refractivity contribution in [1.82, 2.24) is 10.3 Å². The first-order valence-corrected chi connectivity index (χ1v) is 12.2. The van der Waals surface area contributed by atoms with Crippen LogP contribution in [0.25, 0.3) is 0 Å². The Hall–Kier alpha value is -1.95. The first-order valence-electron chi connectivity index (χ1n) is 12.2. The van der Waals surface area contributed by atoms with E-state index in [0.717, 1.165) is 50.9 Å². The Bertz CT molecular complexity index is 951. The molecule has 5 rings (SSSR count). The van der Waals surface area contributed by atoms with E-state index in [0.29, 0.717) is 36.3 Å². The lowest BCUT2D eigenvalue weighted by molar-refractivity contribution is -0.103. The average Bonchev–Trinajstić information content (AvgIpc) is 3.00. The summed E-state index contributed by atoms with van der Waals surface area (Å²) in [5.74, 6) is 1.67. The molecule has 0 radical (unpaired) electrons. The number of nitrogens with zero attached hydrogens (tertiary/aromatic N) is 1. The van der Waals surface area contributed by atoms with Gasteiger partial charge in [0.25, 0.3) is 0 Å². The second-order valence-corrected chi connectivity index (χ2v) is 10.7. The molecule has 1 heterocycles. The van der Waals surface area contributed by atoms with Crippen LogP contribution in [0.1, 0.15) is 68.2 Å². The zero-order valence-corrected chi connectivity index (χ0v) is 19.0. The number of aryl methyl sites for hydroxylation is 1. The standard InChI is InChI=1S/C27H36N2O3/c1-26-12-10-22-21-9-7-20(30)15-18(21)6-8-23(22)24(26)16-27(32,25(26)31)11-4-13-28-17-19-5-2-3-14-29-19/h2-3,5,7,9,14-15,22-25,28,30-32H,4,6,8,10-13,16-17H2,1H3/t22?,23?,24?,25-,26+,27+/m1/s1. The largest absolute Gasteiger partial charge is 0.508 e. The van der Waals surface area contributed by atoms with E-state index in [1.807, 2.05) is 30.3 Å². The fourth-order valence-electron chi connectivity index (χ4n) is 7.22. The third-order valence-corrected chi connectivity index (χ3v) is 8.85. The molecule has 2 aromatic rings. The van der Waals surface area contributed by atoms with Crippen molar-refractivity contribution in [1.29, 1.82) is 0 Å². The normalized spacial score (nSPS) is 35.7. The van der Waals surface area contributed by atoms with Crippen molar-refractivity contribution in [3.05, 3.63) is 59.4 Å². The number of phenolic OH excluding ortho intramolecular Hbond substituents is 1. The third-order valence-electron chi connectivity index (χ3n) is 8.85. The minimum Gasteiger partial charge on any atom is -0.508 e. The Morgan fingerprint density at radius 2 is 2.06 bits per heavy atom. The third kappa shape index (κ3) is 3.74. The number of pyridine rings is 1. The molecule has 3 aliphatic rings. The van der Waals surface area contributed by atoms with Gasteiger partial charge in [-0.05, 0) is 110 Å². The van der Waals surface area contributed by atoms with Crippen molar-refractivity contribution < 1.29 is 15.3 Å². The highest BCUT2D eigenvalue weighted by Crippen LogP contribution is 2.63. The maximum absolute atomic E-state index is 11.6. The van der Waals surface area contributed by atoms with Crippen molar-refractivity contribution in [2.24, 2.45) is 17.3 Å². The smallest absolute Gasteiger partial charge is 0.115 e. The summed E-state index contributed by atoms with van der Waals surface area (Å²) in [6, 6.07) is 11.8. The van der Waals surface area contributed by atoms with Crippen LogP contribution in [0.3, 0.4) is 0 Å². The van der Waals surface area contributed by atoms with Gasteiger partial charge in [-0.25, -0.2) is 0 Å². The number of rotatable bonds is 6. The first-order chi connectivity index (χ1) is 15.4. The molecule has 5 heteroatoms. The Labute approximate surface area is 190 Å². The molecule has 3 unspecified atom stereocenters. The van der Waals surface area contributed by atoms with Gasteiger partial charge in [0.2, 0.25) is 0 Å². The number of fused-ring (bicyclic) bond motifs is 5. The van der Waals surface area contributed by atoms with Crippen LogP contribution in [0.4, 0.5) is 0 Å². The Morgan fingerprint density at radius 1 is 1.19 bits per heavy atom. The zero-order valence-electron chi connectivity index (χ0n) is 19.0. The molecule has 1 aromatic carbocycles. The van der Waals surface area contributed by atoms with Gasteiger partial charge < -0.3 is 20.6 Å². The maximum atomic E-state index is 11.6. The van der Waals surface area contributed by atoms with Crippen LogP contribution in [0, 0.1) is 17.3 Å². The topological polar surface area (TPSA) is 85.6 Å². The quantitative estimate of drug-likeness (QED) is 0.516. The number of nitrogens with one attached hydrogen (secondary N) is 1. The molecule has 2 saturated carbocycles. The molecule has 3 aliphatic carbocycles. The lowest BCUT2D eigenvalue weighted by Crippen LogP contribution is -2.47. The van der Waals surface area contributed by atoms with E-state index in [2.05, 4.69) is 23.3 Å². The molecule has 1 aromatic heterocycles. The van der Waals surface area contributed by atoms with Gasteiger partial charge in [0.1, 0.15) is 5.75 Å². The van der Waals surface area contributed by atoms with Crippen LogP contribution in [-0.2, 0) is 13.0 Å². The van der Waals surface area contributed by atoms with Gasteiger partial charge in [0, 0.05) is 12.7 Å². The molecule has 6 atom stereocenters. The fourth-order valence-corrected chi connectivity index (χ4v) is 7.22. The summed E-state index contributed by atoms with van der Waals surface area (Å²) in [7, 11) is 0. The van der Waals surface area contributed by atoms with Crippen LogP contribution in [-0.4, -0.2) is 38.6 Å². The summed E-state index contributed by atoms with van der Waals surface area (Å²) in [6.07, 6.45) is 7.33. The van der Waals surface area contributed by atoms with E-state index in [1.165, 1.54) is 11.1 Å². The number of aromatic hydroxyl groups is 1. The lowest BCUT2D eigenvalue weighted by atomic mass is 9.55. The van der Waals surface area contributed by atoms with Crippen molar-refractivity contribution in [3.63, 3.8) is 0 Å². The van der Waals surface area contributed by atoms with Gasteiger partial charge in [0.05, 0.1) is 17.4 Å². The van der Waals surface area contributed by atoms with Crippen LogP contribution in [0.15, 0.2) is 42.6 Å². The Kier molecular flexibility index (Phi) is 5.77. The van der Waals surface area contributed by atoms with Gasteiger partial charge in [0.15, 0.2) is 0 Å². The molecule has 0 bridgehead atoms. The molecule has 5 nitrogen and oxygen atoms in total. The molecular formula is C27H36N2O3. The van der Waals surface area contributed by atoms with Crippen LogP contribution < -0.4 is 5.32 Å². The second kappa shape index (κ2) is 8.44. The number of hydrogen-bond acceptors (Lipinski definition) is 5. The molecule has 0 amide bonds. The summed E-state index contributed by atoms with van der Waals surface area (Å²) in [5.41, 5.74) is 2.46. The molecule has 32 heavy (non-hydrogen) atoms. The number of aliphatic hydroxyl groups is 2. The summed E-state index contributed by atoms with van der Waals surface area (Å²) in [4.78, 5) is 4.33. The zero-order chi connectivity index (χ0) is 22.3. The maximum Gasteiger partial charge on any atom is 0.115 e. The van der Waals surface area contributed by atoms with E-state index in [1.54, 1.807) is 6.20 Å². The molecule has 0 aliphatic heterocycles. The van der Waals surface area contributed by atoms with E-state index < -0.39 is 11.7 Å². The molecule has 172 valence electrons. The number of phenols is 1. The van der Waals surface area contributed by atoms with Crippen LogP contribution >= 0.6 is 0 Å². The SMILES string of the molecule is C[C@]12CCC3c4ccc(O)cc4CCC3C1C[C@@](O)(CCCNCc1ccccn1)[C@@H]2O. The highest BCUT2D eigenvalue weighted by molar-refractivity contribution is 5.40. The van der Waals surface area contributed by atoms with Crippen molar-refractivity contribution in [2.75, 3.05) is 6.54 Å². The van der Waals surface area contributed by atoms with Gasteiger partial charge >= 0.3 is 0 Å². The Balaban J connectivity index is 1.24. The van der Waals surface area contributed by atoms with E-state index in [4.69, 9.17) is 0 Å². The lowest BCUT2D eigenvalue weighted by Gasteiger charge is -2.50. The average molecular weight is 437 g/mol. The number of aliphatic hydroxyl groups excluding tert-OH is 1. The van der Waals surface area contributed by atoms with Gasteiger partial charge in [-0.15, -0.1) is 0 Å². The Morgan fingerprint density at radius 3 is 2.88 bits per heavy atom. The predicted octanol–water partition coefficient (Wildman–Crippen LogP) is 3.92. The highest BCUT2D eigenvalue weighted by Gasteiger charge is 2.63. The fraction of sp³-hybridized carbons (Fsp3) is 0.593. The first kappa shape index (κ1) is 21.9. The van der Waals surface area contributed by atoms with Crippen molar-refractivity contribution >= 4 is 0 Å². The van der Waals surface area contributed by atoms with Crippen molar-refractivity contribution in [3.8, 4) is 5.75 Å². The summed E-state index contributed by atoms with van der Waals surface area (Å²) in [5, 5.41) is 36.2. The number of hydrogen-bond donors (Lipinski definition) is 4. The summed E-state index contributed by atoms with van der Waals surface area (Å²) >= 11 is 0. The van der Waals surface area contributed by atoms with Gasteiger partial charge in [-0.3, -0.25) is 4.98 Å². The minimum absolute atomic E-state index is 0.217. The molecule has 2 fully saturated rings. The van der Waals surface area contributed by atoms with Crippen LogP contribution in [0.5, 0.6) is 5.75 Å². The number of aromatic nitrogens is 1. The molecule has 4 N–H and O–H groups in total.